The van der Waals surface area contributed by atoms with Gasteiger partial charge in [0.2, 0.25) is 0 Å². The van der Waals surface area contributed by atoms with E-state index in [4.69, 9.17) is 18.6 Å². The van der Waals surface area contributed by atoms with Gasteiger partial charge in [-0.25, -0.2) is 17.6 Å². The van der Waals surface area contributed by atoms with Crippen molar-refractivity contribution < 1.29 is 36.2 Å². The maximum absolute atomic E-state index is 16.4. The van der Waals surface area contributed by atoms with Crippen molar-refractivity contribution in [1.29, 1.82) is 0 Å². The van der Waals surface area contributed by atoms with Crippen molar-refractivity contribution in [3.63, 3.8) is 0 Å². The standard InChI is InChI=1S/C58H60B2F4O4/c1-51(2)52(3,4)66-59(65-51)43-25-17-39(18-26-43)37-13-21-41(22-14-37)55(9)29-33-57(11,34-30-55)45-47(61)49(63)46(50(64)48(45)62)58(12)35-31-56(10,32-36-58)42-23-15-38(16-24-42)40-19-27-44(28-20-40)60-67-53(5,6)54(7,8)68-60/h13-36H,1-12H3. The van der Waals surface area contributed by atoms with E-state index in [1.165, 1.54) is 0 Å². The van der Waals surface area contributed by atoms with Gasteiger partial charge >= 0.3 is 14.2 Å². The fourth-order valence-electron chi connectivity index (χ4n) is 9.57. The van der Waals surface area contributed by atoms with Gasteiger partial charge in [0.1, 0.15) is 0 Å². The quantitative estimate of drug-likeness (QED) is 0.0673. The van der Waals surface area contributed by atoms with Crippen molar-refractivity contribution in [2.75, 3.05) is 0 Å². The molecule has 0 bridgehead atoms. The molecule has 2 heterocycles. The van der Waals surface area contributed by atoms with Crippen LogP contribution in [0.5, 0.6) is 0 Å². The van der Waals surface area contributed by atoms with Gasteiger partial charge in [0.05, 0.1) is 22.4 Å². The van der Waals surface area contributed by atoms with Gasteiger partial charge in [-0.2, -0.15) is 0 Å². The number of hydrogen-bond acceptors (Lipinski definition) is 4. The highest BCUT2D eigenvalue weighted by atomic mass is 19.2. The molecule has 0 aromatic heterocycles. The molecule has 0 atom stereocenters. The minimum atomic E-state index is -1.47. The fraction of sp³-hybridized carbons (Fsp3) is 0.345. The lowest BCUT2D eigenvalue weighted by Crippen LogP contribution is -2.41. The lowest BCUT2D eigenvalue weighted by molar-refractivity contribution is 0.00578. The lowest BCUT2D eigenvalue weighted by atomic mass is 9.68. The minimum Gasteiger partial charge on any atom is -0.399 e. The Kier molecular flexibility index (Phi) is 11.4. The van der Waals surface area contributed by atoms with Crippen LogP contribution >= 0.6 is 0 Å². The average Bonchev–Trinajstić information content (AvgIpc) is 3.67. The third-order valence-corrected chi connectivity index (χ3v) is 16.0. The monoisotopic (exact) mass is 918 g/mol. The number of benzene rings is 5. The van der Waals surface area contributed by atoms with Crippen molar-refractivity contribution in [3.05, 3.63) is 191 Å². The maximum atomic E-state index is 16.4. The fourth-order valence-corrected chi connectivity index (χ4v) is 9.57. The largest absolute Gasteiger partial charge is 0.494 e. The highest BCUT2D eigenvalue weighted by Crippen LogP contribution is 2.46. The average molecular weight is 919 g/mol. The summed E-state index contributed by atoms with van der Waals surface area (Å²) in [7, 11) is -0.899. The molecule has 2 aliphatic carbocycles. The van der Waals surface area contributed by atoms with Crippen LogP contribution in [0.15, 0.2) is 146 Å². The van der Waals surface area contributed by atoms with Crippen molar-refractivity contribution in [2.45, 2.75) is 127 Å². The Morgan fingerprint density at radius 1 is 0.294 bits per heavy atom. The zero-order chi connectivity index (χ0) is 49.0. The molecule has 2 fully saturated rings. The molecule has 10 heteroatoms. The molecule has 0 N–H and O–H groups in total. The van der Waals surface area contributed by atoms with E-state index in [0.717, 1.165) is 44.3 Å². The van der Waals surface area contributed by atoms with Gasteiger partial charge in [-0.1, -0.05) is 146 Å². The molecule has 4 nitrogen and oxygen atoms in total. The third kappa shape index (κ3) is 7.99. The molecule has 350 valence electrons. The highest BCUT2D eigenvalue weighted by Gasteiger charge is 2.53. The Balaban J connectivity index is 0.889. The van der Waals surface area contributed by atoms with E-state index in [2.05, 4.69) is 0 Å². The smallest absolute Gasteiger partial charge is 0.399 e. The van der Waals surface area contributed by atoms with E-state index in [1.807, 2.05) is 191 Å². The Morgan fingerprint density at radius 3 is 0.735 bits per heavy atom. The normalized spacial score (nSPS) is 27.6. The van der Waals surface area contributed by atoms with Crippen LogP contribution in [-0.4, -0.2) is 36.6 Å². The highest BCUT2D eigenvalue weighted by molar-refractivity contribution is 6.62. The molecule has 68 heavy (non-hydrogen) atoms. The molecule has 0 amide bonds. The summed E-state index contributed by atoms with van der Waals surface area (Å²) in [4.78, 5) is 0. The van der Waals surface area contributed by atoms with E-state index < -0.39 is 92.7 Å². The van der Waals surface area contributed by atoms with Crippen LogP contribution in [0.4, 0.5) is 17.6 Å². The second-order valence-electron chi connectivity index (χ2n) is 22.0. The van der Waals surface area contributed by atoms with Crippen molar-refractivity contribution in [3.8, 4) is 22.3 Å². The van der Waals surface area contributed by atoms with Crippen molar-refractivity contribution >= 4 is 25.2 Å². The van der Waals surface area contributed by atoms with Crippen LogP contribution in [0.2, 0.25) is 0 Å². The Morgan fingerprint density at radius 2 is 0.500 bits per heavy atom. The summed E-state index contributed by atoms with van der Waals surface area (Å²) in [6, 6.07) is 32.4. The molecule has 0 unspecified atom stereocenters. The molecule has 0 radical (unpaired) electrons. The molecule has 5 aromatic carbocycles. The first-order chi connectivity index (χ1) is 31.7. The molecule has 2 saturated heterocycles. The summed E-state index contributed by atoms with van der Waals surface area (Å²) in [6.45, 7) is 23.3. The van der Waals surface area contributed by atoms with E-state index in [0.29, 0.717) is 0 Å². The van der Waals surface area contributed by atoms with Gasteiger partial charge in [0.15, 0.2) is 23.3 Å². The number of rotatable bonds is 8. The molecule has 0 spiro atoms. The van der Waals surface area contributed by atoms with Gasteiger partial charge < -0.3 is 18.6 Å². The summed E-state index contributed by atoms with van der Waals surface area (Å²) in [6.07, 6.45) is 13.9. The van der Waals surface area contributed by atoms with Crippen LogP contribution in [0.1, 0.15) is 105 Å². The number of halogens is 4. The van der Waals surface area contributed by atoms with Gasteiger partial charge in [-0.3, -0.25) is 0 Å². The van der Waals surface area contributed by atoms with Gasteiger partial charge in [0.25, 0.3) is 0 Å². The molecule has 0 saturated carbocycles. The SMILES string of the molecule is CC1(c2ccc(-c3ccc(B4OC(C)(C)C(C)(C)O4)cc3)cc2)C=CC(C)(c2c(F)c(F)c(C3(C)C=CC(C)(c4ccc(-c5ccc(B6OC(C)(C)C(C)(C)O6)cc5)cc4)C=C3)c(F)c2F)C=C1. The first-order valence-corrected chi connectivity index (χ1v) is 23.5. The zero-order valence-corrected chi connectivity index (χ0v) is 41.2. The Hall–Kier alpha value is -5.25. The summed E-state index contributed by atoms with van der Waals surface area (Å²) in [5.41, 5.74) is 0.515. The van der Waals surface area contributed by atoms with Crippen molar-refractivity contribution in [2.24, 2.45) is 0 Å². The molecule has 5 aromatic rings. The zero-order valence-electron chi connectivity index (χ0n) is 41.2. The van der Waals surface area contributed by atoms with Gasteiger partial charge in [-0.05, 0) is 127 Å². The molecule has 9 rings (SSSR count). The van der Waals surface area contributed by atoms with Crippen molar-refractivity contribution in [1.82, 2.24) is 0 Å². The van der Waals surface area contributed by atoms with E-state index in [-0.39, 0.29) is 0 Å². The Labute approximate surface area is 400 Å². The first kappa shape index (κ1) is 47.8. The van der Waals surface area contributed by atoms with Gasteiger partial charge in [-0.15, -0.1) is 0 Å². The molecular formula is C58H60B2F4O4. The predicted molar refractivity (Wildman–Crippen MR) is 267 cm³/mol. The van der Waals surface area contributed by atoms with Crippen LogP contribution in [0.3, 0.4) is 0 Å². The topological polar surface area (TPSA) is 36.9 Å². The van der Waals surface area contributed by atoms with Gasteiger partial charge in [0, 0.05) is 32.8 Å². The second kappa shape index (κ2) is 16.2. The van der Waals surface area contributed by atoms with Crippen LogP contribution < -0.4 is 10.9 Å². The van der Waals surface area contributed by atoms with Crippen LogP contribution in [-0.2, 0) is 40.3 Å². The third-order valence-electron chi connectivity index (χ3n) is 16.0. The summed E-state index contributed by atoms with van der Waals surface area (Å²) in [5.74, 6) is -5.65. The summed E-state index contributed by atoms with van der Waals surface area (Å²) in [5, 5.41) is 0. The van der Waals surface area contributed by atoms with E-state index >= 15 is 17.6 Å². The number of allylic oxidation sites excluding steroid dienone is 8. The summed E-state index contributed by atoms with van der Waals surface area (Å²) >= 11 is 0. The molecule has 2 aliphatic heterocycles. The Bertz CT molecular complexity index is 2610. The van der Waals surface area contributed by atoms with E-state index in [1.54, 1.807) is 38.2 Å². The van der Waals surface area contributed by atoms with E-state index in [9.17, 15) is 0 Å². The number of hydrogen-bond donors (Lipinski definition) is 0. The maximum Gasteiger partial charge on any atom is 0.494 e. The predicted octanol–water partition coefficient (Wildman–Crippen LogP) is 12.9. The second-order valence-corrected chi connectivity index (χ2v) is 22.0. The minimum absolute atomic E-state index is 0.431. The molecule has 4 aliphatic rings. The van der Waals surface area contributed by atoms with Crippen LogP contribution in [0.25, 0.3) is 22.3 Å². The van der Waals surface area contributed by atoms with Crippen LogP contribution in [0, 0.1) is 23.3 Å². The molecular weight excluding hydrogens is 858 g/mol. The summed E-state index contributed by atoms with van der Waals surface area (Å²) < 4.78 is 90.4. The first-order valence-electron chi connectivity index (χ1n) is 23.5. The lowest BCUT2D eigenvalue weighted by Gasteiger charge is -2.36.